The highest BCUT2D eigenvalue weighted by atomic mass is 79.9. The van der Waals surface area contributed by atoms with Crippen molar-refractivity contribution in [1.29, 1.82) is 0 Å². The molecule has 0 saturated heterocycles. The maximum absolute atomic E-state index is 13.1. The van der Waals surface area contributed by atoms with E-state index in [0.717, 1.165) is 4.88 Å². The monoisotopic (exact) mass is 457 g/mol. The van der Waals surface area contributed by atoms with E-state index >= 15 is 0 Å². The zero-order valence-electron chi connectivity index (χ0n) is 14.0. The third-order valence-corrected chi connectivity index (χ3v) is 6.92. The second kappa shape index (κ2) is 7.87. The summed E-state index contributed by atoms with van der Waals surface area (Å²) in [6.07, 6.45) is 0. The Morgan fingerprint density at radius 3 is 2.81 bits per heavy atom. The number of hydrogen-bond acceptors (Lipinski definition) is 7. The van der Waals surface area contributed by atoms with Crippen LogP contribution in [-0.4, -0.2) is 36.5 Å². The van der Waals surface area contributed by atoms with Gasteiger partial charge in [-0.25, -0.2) is 8.42 Å². The Kier molecular flexibility index (Phi) is 5.76. The first kappa shape index (κ1) is 19.0. The standard InChI is InChI=1S/C16H16BrN3O4S2/c1-3-20(10-15-18-16(19-24-15)13-5-4-8-25-13)26(21,22)14-9-11(17)6-7-12(14)23-2/h4-9H,3,10H2,1-2H3. The second-order valence-corrected chi connectivity index (χ2v) is 8.99. The van der Waals surface area contributed by atoms with Gasteiger partial charge in [0.2, 0.25) is 21.7 Å². The van der Waals surface area contributed by atoms with Crippen molar-refractivity contribution in [2.75, 3.05) is 13.7 Å². The fourth-order valence-electron chi connectivity index (χ4n) is 2.33. The lowest BCUT2D eigenvalue weighted by atomic mass is 10.3. The molecule has 138 valence electrons. The molecule has 0 aliphatic heterocycles. The zero-order chi connectivity index (χ0) is 18.7. The Bertz CT molecular complexity index is 987. The van der Waals surface area contributed by atoms with Crippen LogP contribution in [-0.2, 0) is 16.6 Å². The number of rotatable bonds is 7. The van der Waals surface area contributed by atoms with Gasteiger partial charge in [0.25, 0.3) is 0 Å². The highest BCUT2D eigenvalue weighted by Crippen LogP contribution is 2.30. The molecule has 0 fully saturated rings. The number of halogens is 1. The van der Waals surface area contributed by atoms with Crippen LogP contribution in [0.3, 0.4) is 0 Å². The van der Waals surface area contributed by atoms with Crippen molar-refractivity contribution < 1.29 is 17.7 Å². The Balaban J connectivity index is 1.90. The molecule has 0 saturated carbocycles. The molecular weight excluding hydrogens is 442 g/mol. The summed E-state index contributed by atoms with van der Waals surface area (Å²) in [7, 11) is -2.37. The highest BCUT2D eigenvalue weighted by molar-refractivity contribution is 9.10. The minimum Gasteiger partial charge on any atom is -0.495 e. The summed E-state index contributed by atoms with van der Waals surface area (Å²) in [5.74, 6) is 0.952. The average Bonchev–Trinajstić information content (AvgIpc) is 3.30. The lowest BCUT2D eigenvalue weighted by Crippen LogP contribution is -2.31. The minimum absolute atomic E-state index is 0.0210. The third kappa shape index (κ3) is 3.83. The molecule has 0 unspecified atom stereocenters. The summed E-state index contributed by atoms with van der Waals surface area (Å²) in [5, 5.41) is 5.83. The maximum atomic E-state index is 13.1. The molecule has 26 heavy (non-hydrogen) atoms. The Hall–Kier alpha value is -1.75. The van der Waals surface area contributed by atoms with Gasteiger partial charge in [-0.2, -0.15) is 9.29 Å². The van der Waals surface area contributed by atoms with Crippen LogP contribution < -0.4 is 4.74 Å². The van der Waals surface area contributed by atoms with E-state index in [4.69, 9.17) is 9.26 Å². The van der Waals surface area contributed by atoms with Crippen LogP contribution in [0.4, 0.5) is 0 Å². The van der Waals surface area contributed by atoms with Gasteiger partial charge in [-0.05, 0) is 29.6 Å². The van der Waals surface area contributed by atoms with Crippen molar-refractivity contribution in [3.63, 3.8) is 0 Å². The number of benzene rings is 1. The Morgan fingerprint density at radius 2 is 2.15 bits per heavy atom. The number of aromatic nitrogens is 2. The summed E-state index contributed by atoms with van der Waals surface area (Å²) >= 11 is 4.79. The SMILES string of the molecule is CCN(Cc1nc(-c2cccs2)no1)S(=O)(=O)c1cc(Br)ccc1OC. The molecule has 3 aromatic rings. The molecule has 0 spiro atoms. The fourth-order valence-corrected chi connectivity index (χ4v) is 5.08. The van der Waals surface area contributed by atoms with Gasteiger partial charge >= 0.3 is 0 Å². The van der Waals surface area contributed by atoms with Crippen LogP contribution in [0.5, 0.6) is 5.75 Å². The third-order valence-electron chi connectivity index (χ3n) is 3.62. The summed E-state index contributed by atoms with van der Waals surface area (Å²) < 4.78 is 38.5. The van der Waals surface area contributed by atoms with E-state index in [1.165, 1.54) is 28.8 Å². The fraction of sp³-hybridized carbons (Fsp3) is 0.250. The number of methoxy groups -OCH3 is 1. The van der Waals surface area contributed by atoms with Crippen molar-refractivity contribution in [3.05, 3.63) is 46.1 Å². The molecule has 2 heterocycles. The lowest BCUT2D eigenvalue weighted by molar-refractivity contribution is 0.320. The average molecular weight is 458 g/mol. The van der Waals surface area contributed by atoms with E-state index in [1.54, 1.807) is 19.1 Å². The number of thiophene rings is 1. The number of nitrogens with zero attached hydrogens (tertiary/aromatic N) is 3. The minimum atomic E-state index is -3.81. The molecule has 0 radical (unpaired) electrons. The van der Waals surface area contributed by atoms with E-state index in [2.05, 4.69) is 26.1 Å². The lowest BCUT2D eigenvalue weighted by Gasteiger charge is -2.20. The molecular formula is C16H16BrN3O4S2. The number of sulfonamides is 1. The van der Waals surface area contributed by atoms with E-state index in [0.29, 0.717) is 10.3 Å². The Morgan fingerprint density at radius 1 is 1.35 bits per heavy atom. The van der Waals surface area contributed by atoms with E-state index < -0.39 is 10.0 Å². The van der Waals surface area contributed by atoms with Gasteiger partial charge in [-0.15, -0.1) is 11.3 Å². The largest absolute Gasteiger partial charge is 0.495 e. The summed E-state index contributed by atoms with van der Waals surface area (Å²) in [5.41, 5.74) is 0. The van der Waals surface area contributed by atoms with Crippen molar-refractivity contribution >= 4 is 37.3 Å². The quantitative estimate of drug-likeness (QED) is 0.536. The molecule has 2 aromatic heterocycles. The maximum Gasteiger partial charge on any atom is 0.247 e. The van der Waals surface area contributed by atoms with E-state index in [1.807, 2.05) is 17.5 Å². The molecule has 0 aliphatic carbocycles. The molecule has 0 bridgehead atoms. The van der Waals surface area contributed by atoms with Crippen molar-refractivity contribution in [1.82, 2.24) is 14.4 Å². The van der Waals surface area contributed by atoms with Gasteiger partial charge in [0.05, 0.1) is 18.5 Å². The second-order valence-electron chi connectivity index (χ2n) is 5.22. The normalized spacial score (nSPS) is 11.8. The van der Waals surface area contributed by atoms with Crippen molar-refractivity contribution in [3.8, 4) is 16.5 Å². The van der Waals surface area contributed by atoms with Gasteiger partial charge < -0.3 is 9.26 Å². The molecule has 3 rings (SSSR count). The highest BCUT2D eigenvalue weighted by Gasteiger charge is 2.28. The number of hydrogen-bond donors (Lipinski definition) is 0. The van der Waals surface area contributed by atoms with Crippen molar-refractivity contribution in [2.24, 2.45) is 0 Å². The van der Waals surface area contributed by atoms with Gasteiger partial charge in [0.1, 0.15) is 10.6 Å². The van der Waals surface area contributed by atoms with Crippen LogP contribution in [0.2, 0.25) is 0 Å². The topological polar surface area (TPSA) is 85.5 Å². The van der Waals surface area contributed by atoms with Crippen molar-refractivity contribution in [2.45, 2.75) is 18.4 Å². The van der Waals surface area contributed by atoms with Crippen LogP contribution in [0.25, 0.3) is 10.7 Å². The summed E-state index contributed by atoms with van der Waals surface area (Å²) in [6, 6.07) is 8.60. The van der Waals surface area contributed by atoms with Gasteiger partial charge in [0.15, 0.2) is 0 Å². The predicted octanol–water partition coefficient (Wildman–Crippen LogP) is 3.78. The Labute approximate surface area is 163 Å². The molecule has 1 aromatic carbocycles. The molecule has 0 atom stereocenters. The summed E-state index contributed by atoms with van der Waals surface area (Å²) in [4.78, 5) is 5.23. The first-order valence-corrected chi connectivity index (χ1v) is 10.8. The molecule has 0 amide bonds. The zero-order valence-corrected chi connectivity index (χ0v) is 17.3. The van der Waals surface area contributed by atoms with E-state index in [-0.39, 0.29) is 29.6 Å². The van der Waals surface area contributed by atoms with Gasteiger partial charge in [-0.1, -0.05) is 34.1 Å². The molecule has 0 aliphatic rings. The first-order chi connectivity index (χ1) is 12.5. The van der Waals surface area contributed by atoms with Crippen LogP contribution >= 0.6 is 27.3 Å². The molecule has 7 nitrogen and oxygen atoms in total. The molecule has 0 N–H and O–H groups in total. The number of ether oxygens (including phenoxy) is 1. The summed E-state index contributed by atoms with van der Waals surface area (Å²) in [6.45, 7) is 1.97. The van der Waals surface area contributed by atoms with Crippen LogP contribution in [0.1, 0.15) is 12.8 Å². The molecule has 10 heteroatoms. The van der Waals surface area contributed by atoms with Gasteiger partial charge in [-0.3, -0.25) is 0 Å². The van der Waals surface area contributed by atoms with E-state index in [9.17, 15) is 8.42 Å². The van der Waals surface area contributed by atoms with Crippen LogP contribution in [0.15, 0.2) is 49.6 Å². The smallest absolute Gasteiger partial charge is 0.247 e. The predicted molar refractivity (Wildman–Crippen MR) is 102 cm³/mol. The first-order valence-electron chi connectivity index (χ1n) is 7.66. The van der Waals surface area contributed by atoms with Crippen LogP contribution in [0, 0.1) is 0 Å². The van der Waals surface area contributed by atoms with Gasteiger partial charge in [0, 0.05) is 11.0 Å².